The standard InChI is InChI=1S/C19H19N3O2/c1-11(2)22-18-17(19(24)21-22)15(10-16(23)20-18)14-9-5-7-12-6-3-4-8-13(12)14/h3-9,11,15H,10H2,1-2H3,(H,20,23)(H,21,24)/t15-/m0/s1. The molecule has 1 atom stereocenters. The Morgan fingerprint density at radius 2 is 1.83 bits per heavy atom. The summed E-state index contributed by atoms with van der Waals surface area (Å²) >= 11 is 0. The van der Waals surface area contributed by atoms with Crippen LogP contribution in [0.1, 0.15) is 43.4 Å². The van der Waals surface area contributed by atoms with Gasteiger partial charge in [-0.1, -0.05) is 42.5 Å². The van der Waals surface area contributed by atoms with Gasteiger partial charge in [-0.15, -0.1) is 0 Å². The summed E-state index contributed by atoms with van der Waals surface area (Å²) in [5, 5.41) is 7.94. The summed E-state index contributed by atoms with van der Waals surface area (Å²) < 4.78 is 1.74. The van der Waals surface area contributed by atoms with Gasteiger partial charge >= 0.3 is 0 Å². The number of carbonyl (C=O) groups is 1. The molecule has 0 saturated carbocycles. The molecule has 24 heavy (non-hydrogen) atoms. The van der Waals surface area contributed by atoms with E-state index in [1.807, 2.05) is 56.3 Å². The van der Waals surface area contributed by atoms with Gasteiger partial charge in [0.25, 0.3) is 5.56 Å². The number of anilines is 1. The highest BCUT2D eigenvalue weighted by Gasteiger charge is 2.33. The highest BCUT2D eigenvalue weighted by molar-refractivity contribution is 5.96. The zero-order chi connectivity index (χ0) is 16.8. The third-order valence-corrected chi connectivity index (χ3v) is 4.67. The number of nitrogens with zero attached hydrogens (tertiary/aromatic N) is 1. The number of nitrogens with one attached hydrogen (secondary N) is 2. The number of carbonyl (C=O) groups excluding carboxylic acids is 1. The Kier molecular flexibility index (Phi) is 3.30. The predicted molar refractivity (Wildman–Crippen MR) is 94.5 cm³/mol. The largest absolute Gasteiger partial charge is 0.311 e. The summed E-state index contributed by atoms with van der Waals surface area (Å²) in [4.78, 5) is 24.9. The van der Waals surface area contributed by atoms with Crippen molar-refractivity contribution in [1.29, 1.82) is 0 Å². The van der Waals surface area contributed by atoms with Gasteiger partial charge in [0, 0.05) is 18.4 Å². The summed E-state index contributed by atoms with van der Waals surface area (Å²) in [7, 11) is 0. The number of H-pyrrole nitrogens is 1. The van der Waals surface area contributed by atoms with Crippen molar-refractivity contribution in [2.75, 3.05) is 5.32 Å². The Morgan fingerprint density at radius 3 is 2.62 bits per heavy atom. The molecule has 2 aromatic carbocycles. The van der Waals surface area contributed by atoms with Crippen LogP contribution in [0.5, 0.6) is 0 Å². The molecule has 0 fully saturated rings. The topological polar surface area (TPSA) is 66.9 Å². The third-order valence-electron chi connectivity index (χ3n) is 4.67. The van der Waals surface area contributed by atoms with Crippen molar-refractivity contribution in [2.24, 2.45) is 0 Å². The Bertz CT molecular complexity index is 992. The van der Waals surface area contributed by atoms with E-state index < -0.39 is 0 Å². The lowest BCUT2D eigenvalue weighted by Crippen LogP contribution is -2.27. The lowest BCUT2D eigenvalue weighted by molar-refractivity contribution is -0.116. The maximum Gasteiger partial charge on any atom is 0.270 e. The molecule has 1 aliphatic heterocycles. The van der Waals surface area contributed by atoms with Gasteiger partial charge in [-0.05, 0) is 30.2 Å². The van der Waals surface area contributed by atoms with Crippen LogP contribution in [0.4, 0.5) is 5.82 Å². The molecule has 4 rings (SSSR count). The fourth-order valence-corrected chi connectivity index (χ4v) is 3.59. The second-order valence-corrected chi connectivity index (χ2v) is 6.54. The average Bonchev–Trinajstić information content (AvgIpc) is 2.90. The minimum Gasteiger partial charge on any atom is -0.311 e. The smallest absolute Gasteiger partial charge is 0.270 e. The summed E-state index contributed by atoms with van der Waals surface area (Å²) in [6.07, 6.45) is 0.284. The molecule has 2 N–H and O–H groups in total. The number of aromatic nitrogens is 2. The van der Waals surface area contributed by atoms with Gasteiger partial charge in [0.05, 0.1) is 5.56 Å². The van der Waals surface area contributed by atoms with Gasteiger partial charge in [0.15, 0.2) is 0 Å². The first-order chi connectivity index (χ1) is 11.6. The molecule has 1 aromatic heterocycles. The predicted octanol–water partition coefficient (Wildman–Crippen LogP) is 3.38. The first-order valence-corrected chi connectivity index (χ1v) is 8.18. The number of aromatic amines is 1. The lowest BCUT2D eigenvalue weighted by Gasteiger charge is -2.25. The minimum absolute atomic E-state index is 0.0613. The third kappa shape index (κ3) is 2.16. The Balaban J connectivity index is 1.98. The van der Waals surface area contributed by atoms with Crippen molar-refractivity contribution in [3.8, 4) is 0 Å². The van der Waals surface area contributed by atoms with Crippen LogP contribution in [0, 0.1) is 0 Å². The lowest BCUT2D eigenvalue weighted by atomic mass is 9.84. The number of amides is 1. The van der Waals surface area contributed by atoms with Crippen LogP contribution < -0.4 is 10.9 Å². The SMILES string of the molecule is CC(C)n1[nH]c(=O)c2c1NC(=O)C[C@H]2c1cccc2ccccc12. The fraction of sp³-hybridized carbons (Fsp3) is 0.263. The Morgan fingerprint density at radius 1 is 1.08 bits per heavy atom. The number of fused-ring (bicyclic) bond motifs is 2. The average molecular weight is 321 g/mol. The molecule has 0 saturated heterocycles. The van der Waals surface area contributed by atoms with Gasteiger partial charge in [0.2, 0.25) is 5.91 Å². The van der Waals surface area contributed by atoms with E-state index in [1.165, 1.54) is 0 Å². The zero-order valence-corrected chi connectivity index (χ0v) is 13.7. The van der Waals surface area contributed by atoms with Crippen LogP contribution in [-0.2, 0) is 4.79 Å². The molecule has 0 unspecified atom stereocenters. The summed E-state index contributed by atoms with van der Waals surface area (Å²) in [5.41, 5.74) is 1.55. The van der Waals surface area contributed by atoms with Gasteiger partial charge < -0.3 is 5.32 Å². The molecule has 0 aliphatic carbocycles. The minimum atomic E-state index is -0.233. The van der Waals surface area contributed by atoms with Crippen LogP contribution in [0.25, 0.3) is 10.8 Å². The summed E-state index contributed by atoms with van der Waals surface area (Å²) in [6.45, 7) is 3.95. The van der Waals surface area contributed by atoms with E-state index in [1.54, 1.807) is 4.68 Å². The molecule has 1 amide bonds. The first kappa shape index (κ1) is 14.8. The molecular weight excluding hydrogens is 302 g/mol. The van der Waals surface area contributed by atoms with Crippen LogP contribution in [0.3, 0.4) is 0 Å². The quantitative estimate of drug-likeness (QED) is 0.760. The van der Waals surface area contributed by atoms with E-state index >= 15 is 0 Å². The monoisotopic (exact) mass is 321 g/mol. The van der Waals surface area contributed by atoms with Gasteiger partial charge in [-0.3, -0.25) is 19.4 Å². The van der Waals surface area contributed by atoms with Gasteiger partial charge in [-0.25, -0.2) is 0 Å². The van der Waals surface area contributed by atoms with Crippen molar-refractivity contribution < 1.29 is 4.79 Å². The molecular formula is C19H19N3O2. The Hall–Kier alpha value is -2.82. The van der Waals surface area contributed by atoms with Crippen LogP contribution in [0.15, 0.2) is 47.3 Å². The van der Waals surface area contributed by atoms with Gasteiger partial charge in [-0.2, -0.15) is 0 Å². The molecule has 122 valence electrons. The number of hydrogen-bond donors (Lipinski definition) is 2. The van der Waals surface area contributed by atoms with Crippen molar-refractivity contribution in [3.63, 3.8) is 0 Å². The molecule has 1 aliphatic rings. The second kappa shape index (κ2) is 5.37. The maximum atomic E-state index is 12.6. The molecule has 3 aromatic rings. The zero-order valence-electron chi connectivity index (χ0n) is 13.7. The van der Waals surface area contributed by atoms with E-state index in [4.69, 9.17) is 0 Å². The van der Waals surface area contributed by atoms with Crippen LogP contribution in [-0.4, -0.2) is 15.7 Å². The van der Waals surface area contributed by atoms with Crippen LogP contribution >= 0.6 is 0 Å². The maximum absolute atomic E-state index is 12.6. The number of hydrogen-bond acceptors (Lipinski definition) is 2. The van der Waals surface area contributed by atoms with E-state index in [0.717, 1.165) is 16.3 Å². The van der Waals surface area contributed by atoms with Crippen molar-refractivity contribution in [3.05, 3.63) is 63.9 Å². The van der Waals surface area contributed by atoms with Crippen LogP contribution in [0.2, 0.25) is 0 Å². The summed E-state index contributed by atoms with van der Waals surface area (Å²) in [6, 6.07) is 14.2. The van der Waals surface area contributed by atoms with Crippen molar-refractivity contribution >= 4 is 22.5 Å². The van der Waals surface area contributed by atoms with E-state index in [-0.39, 0.29) is 29.8 Å². The normalized spacial score (nSPS) is 17.1. The van der Waals surface area contributed by atoms with Gasteiger partial charge in [0.1, 0.15) is 5.82 Å². The molecule has 0 spiro atoms. The fourth-order valence-electron chi connectivity index (χ4n) is 3.59. The van der Waals surface area contributed by atoms with Crippen molar-refractivity contribution in [2.45, 2.75) is 32.2 Å². The van der Waals surface area contributed by atoms with Crippen molar-refractivity contribution in [1.82, 2.24) is 9.78 Å². The molecule has 5 heteroatoms. The number of benzene rings is 2. The first-order valence-electron chi connectivity index (χ1n) is 8.18. The number of rotatable bonds is 2. The highest BCUT2D eigenvalue weighted by atomic mass is 16.2. The van der Waals surface area contributed by atoms with E-state index in [2.05, 4.69) is 10.4 Å². The van der Waals surface area contributed by atoms with E-state index in [0.29, 0.717) is 11.4 Å². The second-order valence-electron chi connectivity index (χ2n) is 6.54. The van der Waals surface area contributed by atoms with E-state index in [9.17, 15) is 9.59 Å². The highest BCUT2D eigenvalue weighted by Crippen LogP contribution is 2.38. The molecule has 5 nitrogen and oxygen atoms in total. The summed E-state index contributed by atoms with van der Waals surface area (Å²) in [5.74, 6) is 0.307. The Labute approximate surface area is 139 Å². The molecule has 2 heterocycles. The molecule has 0 bridgehead atoms. The molecule has 0 radical (unpaired) electrons.